The van der Waals surface area contributed by atoms with Crippen LogP contribution in [0.3, 0.4) is 0 Å². The largest absolute Gasteiger partial charge is 0.488 e. The molecular weight excluding hydrogens is 246 g/mol. The lowest BCUT2D eigenvalue weighted by Gasteiger charge is -2.19. The molecule has 112 valence electrons. The summed E-state index contributed by atoms with van der Waals surface area (Å²) in [7, 11) is 0. The molecular formula is C18H29NO. The molecule has 0 saturated heterocycles. The molecule has 2 heteroatoms. The molecule has 1 aliphatic heterocycles. The molecule has 0 aromatic heterocycles. The SMILES string of the molecule is CCCCCCCCCC(N)C1Cc2ccccc2O1. The smallest absolute Gasteiger partial charge is 0.123 e. The van der Waals surface area contributed by atoms with Crippen molar-refractivity contribution in [2.75, 3.05) is 0 Å². The molecule has 20 heavy (non-hydrogen) atoms. The van der Waals surface area contributed by atoms with E-state index in [1.54, 1.807) is 0 Å². The predicted octanol–water partition coefficient (Wildman–Crippen LogP) is 4.46. The Morgan fingerprint density at radius 2 is 1.80 bits per heavy atom. The maximum Gasteiger partial charge on any atom is 0.123 e. The summed E-state index contributed by atoms with van der Waals surface area (Å²) in [4.78, 5) is 0. The molecule has 0 fully saturated rings. The van der Waals surface area contributed by atoms with Gasteiger partial charge in [0.2, 0.25) is 0 Å². The maximum atomic E-state index is 6.30. The van der Waals surface area contributed by atoms with Gasteiger partial charge in [-0.05, 0) is 18.1 Å². The van der Waals surface area contributed by atoms with Crippen molar-refractivity contribution in [3.05, 3.63) is 29.8 Å². The van der Waals surface area contributed by atoms with Crippen molar-refractivity contribution in [2.45, 2.75) is 76.9 Å². The monoisotopic (exact) mass is 275 g/mol. The minimum atomic E-state index is 0.179. The molecule has 1 aliphatic rings. The van der Waals surface area contributed by atoms with E-state index in [0.717, 1.165) is 18.6 Å². The lowest BCUT2D eigenvalue weighted by molar-refractivity contribution is 0.191. The van der Waals surface area contributed by atoms with E-state index in [1.165, 1.54) is 50.5 Å². The summed E-state index contributed by atoms with van der Waals surface area (Å²) in [6, 6.07) is 8.49. The van der Waals surface area contributed by atoms with Gasteiger partial charge in [-0.1, -0.05) is 70.1 Å². The van der Waals surface area contributed by atoms with Gasteiger partial charge >= 0.3 is 0 Å². The van der Waals surface area contributed by atoms with Crippen LogP contribution in [-0.2, 0) is 6.42 Å². The number of hydrogen-bond acceptors (Lipinski definition) is 2. The van der Waals surface area contributed by atoms with Crippen molar-refractivity contribution in [3.63, 3.8) is 0 Å². The summed E-state index contributed by atoms with van der Waals surface area (Å²) in [6.07, 6.45) is 11.7. The van der Waals surface area contributed by atoms with Crippen molar-refractivity contribution in [2.24, 2.45) is 5.73 Å². The minimum absolute atomic E-state index is 0.179. The molecule has 1 aromatic carbocycles. The van der Waals surface area contributed by atoms with E-state index in [0.29, 0.717) is 0 Å². The second-order valence-corrected chi connectivity index (χ2v) is 6.04. The second-order valence-electron chi connectivity index (χ2n) is 6.04. The average Bonchev–Trinajstić information content (AvgIpc) is 2.90. The fourth-order valence-electron chi connectivity index (χ4n) is 2.97. The highest BCUT2D eigenvalue weighted by Crippen LogP contribution is 2.30. The Bertz CT molecular complexity index is 366. The van der Waals surface area contributed by atoms with Gasteiger partial charge in [0, 0.05) is 12.5 Å². The van der Waals surface area contributed by atoms with Crippen LogP contribution < -0.4 is 10.5 Å². The molecule has 2 atom stereocenters. The molecule has 0 saturated carbocycles. The van der Waals surface area contributed by atoms with Gasteiger partial charge < -0.3 is 10.5 Å². The first-order valence-electron chi connectivity index (χ1n) is 8.31. The fraction of sp³-hybridized carbons (Fsp3) is 0.667. The second kappa shape index (κ2) is 8.31. The number of hydrogen-bond donors (Lipinski definition) is 1. The van der Waals surface area contributed by atoms with Gasteiger partial charge in [-0.2, -0.15) is 0 Å². The van der Waals surface area contributed by atoms with Gasteiger partial charge in [0.15, 0.2) is 0 Å². The summed E-state index contributed by atoms with van der Waals surface area (Å²) in [5.41, 5.74) is 7.61. The first kappa shape index (κ1) is 15.4. The van der Waals surface area contributed by atoms with Crippen LogP contribution in [0, 0.1) is 0 Å². The minimum Gasteiger partial charge on any atom is -0.488 e. The van der Waals surface area contributed by atoms with E-state index < -0.39 is 0 Å². The maximum absolute atomic E-state index is 6.30. The van der Waals surface area contributed by atoms with Gasteiger partial charge in [0.1, 0.15) is 11.9 Å². The van der Waals surface area contributed by atoms with E-state index in [-0.39, 0.29) is 12.1 Å². The lowest BCUT2D eigenvalue weighted by Crippen LogP contribution is -2.37. The van der Waals surface area contributed by atoms with E-state index >= 15 is 0 Å². The van der Waals surface area contributed by atoms with Crippen LogP contribution in [0.25, 0.3) is 0 Å². The van der Waals surface area contributed by atoms with Crippen molar-refractivity contribution in [1.29, 1.82) is 0 Å². The molecule has 0 amide bonds. The Kier molecular flexibility index (Phi) is 6.38. The topological polar surface area (TPSA) is 35.2 Å². The standard InChI is InChI=1S/C18H29NO/c1-2-3-4-5-6-7-8-12-16(19)18-14-15-11-9-10-13-17(15)20-18/h9-11,13,16,18H,2-8,12,14,19H2,1H3. The lowest BCUT2D eigenvalue weighted by atomic mass is 9.99. The number of rotatable bonds is 9. The van der Waals surface area contributed by atoms with Crippen molar-refractivity contribution >= 4 is 0 Å². The zero-order valence-electron chi connectivity index (χ0n) is 12.8. The Labute approximate surface area is 123 Å². The zero-order valence-corrected chi connectivity index (χ0v) is 12.8. The number of nitrogens with two attached hydrogens (primary N) is 1. The molecule has 2 nitrogen and oxygen atoms in total. The first-order valence-corrected chi connectivity index (χ1v) is 8.31. The summed E-state index contributed by atoms with van der Waals surface area (Å²) >= 11 is 0. The molecule has 0 radical (unpaired) electrons. The molecule has 0 bridgehead atoms. The third kappa shape index (κ3) is 4.52. The molecule has 2 unspecified atom stereocenters. The average molecular weight is 275 g/mol. The van der Waals surface area contributed by atoms with Crippen LogP contribution in [0.4, 0.5) is 0 Å². The first-order chi connectivity index (χ1) is 9.81. The Balaban J connectivity index is 1.59. The normalized spacial score (nSPS) is 18.6. The summed E-state index contributed by atoms with van der Waals surface area (Å²) in [5.74, 6) is 1.03. The number of benzene rings is 1. The van der Waals surface area contributed by atoms with Crippen LogP contribution in [-0.4, -0.2) is 12.1 Å². The number of unbranched alkanes of at least 4 members (excludes halogenated alkanes) is 6. The van der Waals surface area contributed by atoms with Gasteiger partial charge in [-0.15, -0.1) is 0 Å². The Morgan fingerprint density at radius 1 is 1.10 bits per heavy atom. The molecule has 1 aromatic rings. The fourth-order valence-corrected chi connectivity index (χ4v) is 2.97. The third-order valence-corrected chi connectivity index (χ3v) is 4.29. The molecule has 0 spiro atoms. The van der Waals surface area contributed by atoms with E-state index in [2.05, 4.69) is 25.1 Å². The highest BCUT2D eigenvalue weighted by atomic mass is 16.5. The van der Waals surface area contributed by atoms with E-state index in [4.69, 9.17) is 10.5 Å². The zero-order chi connectivity index (χ0) is 14.2. The van der Waals surface area contributed by atoms with Gasteiger partial charge in [-0.3, -0.25) is 0 Å². The van der Waals surface area contributed by atoms with E-state index in [9.17, 15) is 0 Å². The van der Waals surface area contributed by atoms with Crippen LogP contribution in [0.15, 0.2) is 24.3 Å². The summed E-state index contributed by atoms with van der Waals surface area (Å²) in [6.45, 7) is 2.26. The van der Waals surface area contributed by atoms with Crippen molar-refractivity contribution in [3.8, 4) is 5.75 Å². The number of ether oxygens (including phenoxy) is 1. The molecule has 1 heterocycles. The Hall–Kier alpha value is -1.02. The van der Waals surface area contributed by atoms with Gasteiger partial charge in [0.05, 0.1) is 0 Å². The quantitative estimate of drug-likeness (QED) is 0.675. The molecule has 0 aliphatic carbocycles. The summed E-state index contributed by atoms with van der Waals surface area (Å²) in [5, 5.41) is 0. The van der Waals surface area contributed by atoms with Gasteiger partial charge in [-0.25, -0.2) is 0 Å². The van der Waals surface area contributed by atoms with Crippen LogP contribution in [0.1, 0.15) is 63.9 Å². The highest BCUT2D eigenvalue weighted by Gasteiger charge is 2.27. The van der Waals surface area contributed by atoms with Crippen LogP contribution >= 0.6 is 0 Å². The van der Waals surface area contributed by atoms with Crippen molar-refractivity contribution in [1.82, 2.24) is 0 Å². The van der Waals surface area contributed by atoms with Gasteiger partial charge in [0.25, 0.3) is 0 Å². The third-order valence-electron chi connectivity index (χ3n) is 4.29. The van der Waals surface area contributed by atoms with Crippen LogP contribution in [0.5, 0.6) is 5.75 Å². The number of fused-ring (bicyclic) bond motifs is 1. The number of para-hydroxylation sites is 1. The summed E-state index contributed by atoms with van der Waals surface area (Å²) < 4.78 is 5.95. The molecule has 2 N–H and O–H groups in total. The van der Waals surface area contributed by atoms with E-state index in [1.807, 2.05) is 6.07 Å². The van der Waals surface area contributed by atoms with Crippen LogP contribution in [0.2, 0.25) is 0 Å². The highest BCUT2D eigenvalue weighted by molar-refractivity contribution is 5.37. The van der Waals surface area contributed by atoms with Crippen molar-refractivity contribution < 1.29 is 4.74 Å². The predicted molar refractivity (Wildman–Crippen MR) is 85.1 cm³/mol. The Morgan fingerprint density at radius 3 is 2.55 bits per heavy atom. The molecule has 2 rings (SSSR count).